The molecule has 0 spiro atoms. The number of nitrogens with one attached hydrogen (secondary N) is 2. The molecule has 196 valence electrons. The number of aliphatic carboxylic acids is 2. The van der Waals surface area contributed by atoms with E-state index in [1.165, 1.54) is 31.1 Å². The van der Waals surface area contributed by atoms with Gasteiger partial charge in [-0.25, -0.2) is 4.79 Å². The van der Waals surface area contributed by atoms with Gasteiger partial charge < -0.3 is 25.6 Å². The van der Waals surface area contributed by atoms with Crippen LogP contribution in [0.4, 0.5) is 0 Å². The van der Waals surface area contributed by atoms with Crippen molar-refractivity contribution in [3.8, 4) is 0 Å². The zero-order chi connectivity index (χ0) is 26.1. The first-order valence-electron chi connectivity index (χ1n) is 11.1. The highest BCUT2D eigenvalue weighted by Crippen LogP contribution is 2.35. The van der Waals surface area contributed by atoms with Gasteiger partial charge >= 0.3 is 11.9 Å². The fraction of sp³-hybridized carbons (Fsp3) is 0.810. The number of carbonyl (C=O) groups excluding carboxylic acids is 2. The molecule has 0 aliphatic carbocycles. The van der Waals surface area contributed by atoms with E-state index >= 15 is 0 Å². The third-order valence-electron chi connectivity index (χ3n) is 3.73. The third kappa shape index (κ3) is 25.9. The van der Waals surface area contributed by atoms with E-state index < -0.39 is 24.0 Å². The maximum absolute atomic E-state index is 11.1. The molecule has 0 saturated heterocycles. The minimum Gasteiger partial charge on any atom is -0.480 e. The summed E-state index contributed by atoms with van der Waals surface area (Å²) in [6, 6.07) is -1.41. The Kier molecular flexibility index (Phi) is 31.0. The number of carbonyl (C=O) groups is 4. The number of unbranched alkanes of at least 4 members (excludes halogenated alkanes) is 2. The van der Waals surface area contributed by atoms with E-state index in [1.54, 1.807) is 39.4 Å². The Morgan fingerprint density at radius 3 is 1.94 bits per heavy atom. The van der Waals surface area contributed by atoms with Crippen LogP contribution >= 0.6 is 43.2 Å². The molecule has 0 saturated carbocycles. The van der Waals surface area contributed by atoms with Gasteiger partial charge in [-0.3, -0.25) is 9.59 Å². The molecule has 0 aliphatic heterocycles. The predicted octanol–water partition coefficient (Wildman–Crippen LogP) is 4.58. The minimum atomic E-state index is -1.02. The quantitative estimate of drug-likeness (QED) is 0.109. The number of rotatable bonds is 18. The maximum atomic E-state index is 11.1. The predicted molar refractivity (Wildman–Crippen MR) is 146 cm³/mol. The molecule has 12 heteroatoms. The summed E-state index contributed by atoms with van der Waals surface area (Å²) < 4.78 is 0. The highest BCUT2D eigenvalue weighted by Gasteiger charge is 2.19. The summed E-state index contributed by atoms with van der Waals surface area (Å²) in [5, 5.41) is 23.9. The number of hydrogen-bond donors (Lipinski definition) is 4. The molecule has 0 aromatic rings. The fourth-order valence-corrected chi connectivity index (χ4v) is 7.56. The lowest BCUT2D eigenvalue weighted by molar-refractivity contribution is -0.141. The molecule has 3 unspecified atom stereocenters. The Morgan fingerprint density at radius 2 is 1.48 bits per heavy atom. The number of carboxylic acids is 2. The molecule has 8 nitrogen and oxygen atoms in total. The van der Waals surface area contributed by atoms with Crippen molar-refractivity contribution in [2.24, 2.45) is 0 Å². The van der Waals surface area contributed by atoms with Crippen molar-refractivity contribution < 1.29 is 29.4 Å². The van der Waals surface area contributed by atoms with Crippen LogP contribution in [0.25, 0.3) is 0 Å². The molecular weight excluding hydrogens is 505 g/mol. The average Bonchev–Trinajstić information content (AvgIpc) is 2.76. The van der Waals surface area contributed by atoms with Crippen LogP contribution in [0.15, 0.2) is 0 Å². The van der Waals surface area contributed by atoms with Crippen molar-refractivity contribution in [1.82, 2.24) is 10.6 Å². The van der Waals surface area contributed by atoms with Crippen molar-refractivity contribution in [2.45, 2.75) is 84.1 Å². The van der Waals surface area contributed by atoms with Crippen molar-refractivity contribution in [2.75, 3.05) is 24.3 Å². The second-order valence-electron chi connectivity index (χ2n) is 6.40. The summed E-state index contributed by atoms with van der Waals surface area (Å²) >= 11 is 0. The van der Waals surface area contributed by atoms with E-state index in [4.69, 9.17) is 15.0 Å². The summed E-state index contributed by atoms with van der Waals surface area (Å²) in [6.45, 7) is 8.92. The average molecular weight is 547 g/mol. The largest absolute Gasteiger partial charge is 0.480 e. The van der Waals surface area contributed by atoms with Crippen LogP contribution in [0.5, 0.6) is 0 Å². The van der Waals surface area contributed by atoms with Crippen LogP contribution in [0.1, 0.15) is 66.7 Å². The Balaban J connectivity index is -0.00000165. The van der Waals surface area contributed by atoms with Gasteiger partial charge in [0.05, 0.1) is 0 Å². The van der Waals surface area contributed by atoms with Gasteiger partial charge in [-0.05, 0) is 26.8 Å². The summed E-state index contributed by atoms with van der Waals surface area (Å²) in [5.74, 6) is -0.481. The zero-order valence-corrected chi connectivity index (χ0v) is 23.9. The van der Waals surface area contributed by atoms with Gasteiger partial charge in [-0.1, -0.05) is 83.2 Å². The third-order valence-corrected chi connectivity index (χ3v) is 9.16. The zero-order valence-electron chi connectivity index (χ0n) is 20.6. The van der Waals surface area contributed by atoms with Gasteiger partial charge in [0.25, 0.3) is 0 Å². The Bertz CT molecular complexity index is 515. The van der Waals surface area contributed by atoms with Crippen LogP contribution in [0.3, 0.4) is 0 Å². The number of aldehydes is 1. The highest BCUT2D eigenvalue weighted by atomic mass is 33.1. The molecule has 4 N–H and O–H groups in total. The summed E-state index contributed by atoms with van der Waals surface area (Å²) in [5.41, 5.74) is 0. The minimum absolute atomic E-state index is 0.324. The van der Waals surface area contributed by atoms with E-state index in [0.717, 1.165) is 37.7 Å². The maximum Gasteiger partial charge on any atom is 0.327 e. The molecule has 0 heterocycles. The van der Waals surface area contributed by atoms with Gasteiger partial charge in [-0.15, -0.1) is 0 Å². The topological polar surface area (TPSA) is 133 Å². The molecular formula is C21H42N2O6S4. The fourth-order valence-electron chi connectivity index (χ4n) is 2.12. The highest BCUT2D eigenvalue weighted by molar-refractivity contribution is 8.77. The van der Waals surface area contributed by atoms with Gasteiger partial charge in [0.15, 0.2) is 0 Å². The van der Waals surface area contributed by atoms with Gasteiger partial charge in [0, 0.05) is 29.4 Å². The molecule has 0 radical (unpaired) electrons. The summed E-state index contributed by atoms with van der Waals surface area (Å²) in [4.78, 5) is 42.0. The second kappa shape index (κ2) is 27.7. The second-order valence-corrected chi connectivity index (χ2v) is 11.7. The molecule has 0 aromatic heterocycles. The lowest BCUT2D eigenvalue weighted by Gasteiger charge is -2.17. The molecule has 0 fully saturated rings. The molecule has 0 aromatic carbocycles. The van der Waals surface area contributed by atoms with Crippen molar-refractivity contribution in [1.29, 1.82) is 0 Å². The standard InChI is InChI=1S/C17H32N2O5S4.C2H4O.C2H6/c1-4-5-6-7-13(28-27-10-14(18-3)16(21)22)8-9-25-26-11-15(17(23)24)19-12(2)20;1-2-3;1-2/h13-15,18H,4-11H2,1-3H3,(H,19,20)(H,21,22)(H,23,24);2H,1H3;1-2H3. The first kappa shape index (κ1) is 37.0. The van der Waals surface area contributed by atoms with E-state index in [2.05, 4.69) is 17.6 Å². The smallest absolute Gasteiger partial charge is 0.327 e. The summed E-state index contributed by atoms with van der Waals surface area (Å²) in [7, 11) is 8.07. The van der Waals surface area contributed by atoms with Crippen molar-refractivity contribution in [3.05, 3.63) is 0 Å². The van der Waals surface area contributed by atoms with Crippen molar-refractivity contribution in [3.63, 3.8) is 0 Å². The molecule has 1 amide bonds. The number of likely N-dealkylation sites (N-methyl/N-ethyl adjacent to an activating group) is 1. The first-order valence-corrected chi connectivity index (χ1v) is 15.9. The van der Waals surface area contributed by atoms with Gasteiger partial charge in [0.2, 0.25) is 5.91 Å². The Hall–Kier alpha value is -0.560. The molecule has 0 rings (SSSR count). The lowest BCUT2D eigenvalue weighted by atomic mass is 10.1. The van der Waals surface area contributed by atoms with Gasteiger partial charge in [0.1, 0.15) is 18.4 Å². The van der Waals surface area contributed by atoms with E-state index in [9.17, 15) is 14.4 Å². The lowest BCUT2D eigenvalue weighted by Crippen LogP contribution is -2.41. The van der Waals surface area contributed by atoms with Crippen LogP contribution < -0.4 is 10.6 Å². The summed E-state index contributed by atoms with van der Waals surface area (Å²) in [6.07, 6.45) is 6.33. The van der Waals surface area contributed by atoms with E-state index in [0.29, 0.717) is 16.8 Å². The van der Waals surface area contributed by atoms with Crippen molar-refractivity contribution >= 4 is 67.3 Å². The van der Waals surface area contributed by atoms with Crippen LogP contribution in [0, 0.1) is 0 Å². The van der Waals surface area contributed by atoms with Gasteiger partial charge in [-0.2, -0.15) is 0 Å². The number of hydrogen-bond acceptors (Lipinski definition) is 9. The van der Waals surface area contributed by atoms with Crippen LogP contribution in [0.2, 0.25) is 0 Å². The first-order chi connectivity index (χ1) is 15.7. The van der Waals surface area contributed by atoms with Crippen LogP contribution in [-0.4, -0.2) is 76.0 Å². The Morgan fingerprint density at radius 1 is 0.939 bits per heavy atom. The molecule has 33 heavy (non-hydrogen) atoms. The number of carboxylic acid groups (broad SMARTS) is 2. The normalized spacial score (nSPS) is 12.7. The number of amides is 1. The molecule has 0 bridgehead atoms. The molecule has 0 aliphatic rings. The monoisotopic (exact) mass is 546 g/mol. The molecule has 3 atom stereocenters. The SMILES string of the molecule is CC.CC=O.CCCCCC(CCSSCC(NC(C)=O)C(=O)O)SSCC(NC)C(=O)O. The van der Waals surface area contributed by atoms with Crippen LogP contribution in [-0.2, 0) is 19.2 Å². The Labute approximate surface area is 215 Å². The van der Waals surface area contributed by atoms with E-state index in [-0.39, 0.29) is 5.91 Å². The van der Waals surface area contributed by atoms with E-state index in [1.807, 2.05) is 13.8 Å².